The van der Waals surface area contributed by atoms with Crippen LogP contribution in [0.5, 0.6) is 5.75 Å². The molecule has 1 aromatic carbocycles. The summed E-state index contributed by atoms with van der Waals surface area (Å²) in [5.41, 5.74) is 1.86. The number of hydrogen-bond acceptors (Lipinski definition) is 5. The highest BCUT2D eigenvalue weighted by Crippen LogP contribution is 2.27. The van der Waals surface area contributed by atoms with Crippen LogP contribution in [0, 0.1) is 6.92 Å². The van der Waals surface area contributed by atoms with Gasteiger partial charge in [0.2, 0.25) is 0 Å². The Morgan fingerprint density at radius 1 is 1.32 bits per heavy atom. The van der Waals surface area contributed by atoms with E-state index in [1.54, 1.807) is 6.92 Å². The number of carbonyl (C=O) groups is 1. The molecule has 4 nitrogen and oxygen atoms in total. The molecule has 0 saturated carbocycles. The molecule has 0 aliphatic heterocycles. The predicted octanol–water partition coefficient (Wildman–Crippen LogP) is 4.33. The summed E-state index contributed by atoms with van der Waals surface area (Å²) in [4.78, 5) is 16.8. The van der Waals surface area contributed by atoms with Crippen molar-refractivity contribution in [1.82, 2.24) is 4.98 Å². The summed E-state index contributed by atoms with van der Waals surface area (Å²) >= 11 is 1.33. The molecule has 0 aliphatic carbocycles. The third-order valence-electron chi connectivity index (χ3n) is 3.19. The lowest BCUT2D eigenvalue weighted by Gasteiger charge is -2.12. The Balaban J connectivity index is 2.10. The van der Waals surface area contributed by atoms with Gasteiger partial charge >= 0.3 is 5.97 Å². The van der Waals surface area contributed by atoms with E-state index in [0.717, 1.165) is 10.8 Å². The molecule has 0 saturated heterocycles. The first-order valence-corrected chi connectivity index (χ1v) is 8.19. The molecule has 0 unspecified atom stereocenters. The summed E-state index contributed by atoms with van der Waals surface area (Å²) in [6.45, 7) is 8.59. The molecule has 118 valence electrons. The number of aryl methyl sites for hydroxylation is 1. The molecule has 0 radical (unpaired) electrons. The Hall–Kier alpha value is -1.88. The van der Waals surface area contributed by atoms with Crippen LogP contribution in [-0.2, 0) is 11.3 Å². The van der Waals surface area contributed by atoms with Crippen molar-refractivity contribution in [2.75, 3.05) is 6.61 Å². The lowest BCUT2D eigenvalue weighted by molar-refractivity contribution is 0.0531. The van der Waals surface area contributed by atoms with Gasteiger partial charge in [-0.25, -0.2) is 9.78 Å². The van der Waals surface area contributed by atoms with Gasteiger partial charge in [-0.05, 0) is 31.4 Å². The van der Waals surface area contributed by atoms with Gasteiger partial charge in [-0.15, -0.1) is 11.3 Å². The van der Waals surface area contributed by atoms with Crippen LogP contribution >= 0.6 is 11.3 Å². The molecular formula is C17H21NO3S. The topological polar surface area (TPSA) is 48.4 Å². The van der Waals surface area contributed by atoms with Gasteiger partial charge in [0.1, 0.15) is 22.2 Å². The van der Waals surface area contributed by atoms with Crippen LogP contribution in [0.3, 0.4) is 0 Å². The molecule has 0 atom stereocenters. The molecule has 0 bridgehead atoms. The Morgan fingerprint density at radius 2 is 2.05 bits per heavy atom. The fourth-order valence-electron chi connectivity index (χ4n) is 2.13. The average molecular weight is 319 g/mol. The zero-order valence-electron chi connectivity index (χ0n) is 13.4. The van der Waals surface area contributed by atoms with Gasteiger partial charge in [0.15, 0.2) is 0 Å². The highest BCUT2D eigenvalue weighted by molar-refractivity contribution is 7.13. The Kier molecular flexibility index (Phi) is 5.55. The van der Waals surface area contributed by atoms with E-state index in [1.165, 1.54) is 16.9 Å². The van der Waals surface area contributed by atoms with Crippen molar-refractivity contribution in [3.8, 4) is 5.75 Å². The minimum Gasteiger partial charge on any atom is -0.486 e. The van der Waals surface area contributed by atoms with E-state index in [4.69, 9.17) is 9.47 Å². The molecule has 0 amide bonds. The Labute approximate surface area is 135 Å². The van der Waals surface area contributed by atoms with Crippen molar-refractivity contribution in [3.63, 3.8) is 0 Å². The molecule has 5 heteroatoms. The minimum atomic E-state index is -0.314. The minimum absolute atomic E-state index is 0.314. The van der Waals surface area contributed by atoms with E-state index in [9.17, 15) is 4.79 Å². The summed E-state index contributed by atoms with van der Waals surface area (Å²) in [7, 11) is 0. The average Bonchev–Trinajstić information content (AvgIpc) is 2.86. The van der Waals surface area contributed by atoms with Crippen LogP contribution < -0.4 is 4.74 Å². The summed E-state index contributed by atoms with van der Waals surface area (Å²) in [6, 6.07) is 7.99. The third-order valence-corrected chi connectivity index (χ3v) is 4.30. The standard InChI is InChI=1S/C17H21NO3S/c1-5-20-17(19)16-12(4)18-15(22-16)10-21-14-9-7-6-8-13(14)11(2)3/h6-9,11H,5,10H2,1-4H3. The molecule has 22 heavy (non-hydrogen) atoms. The number of benzene rings is 1. The molecule has 2 rings (SSSR count). The number of carbonyl (C=O) groups excluding carboxylic acids is 1. The fourth-order valence-corrected chi connectivity index (χ4v) is 3.00. The number of para-hydroxylation sites is 1. The molecular weight excluding hydrogens is 298 g/mol. The SMILES string of the molecule is CCOC(=O)c1sc(COc2ccccc2C(C)C)nc1C. The van der Waals surface area contributed by atoms with Crippen LogP contribution in [0.4, 0.5) is 0 Å². The van der Waals surface area contributed by atoms with E-state index < -0.39 is 0 Å². The lowest BCUT2D eigenvalue weighted by Crippen LogP contribution is -2.03. The van der Waals surface area contributed by atoms with Gasteiger partial charge < -0.3 is 9.47 Å². The molecule has 0 N–H and O–H groups in total. The van der Waals surface area contributed by atoms with Gasteiger partial charge in [0.25, 0.3) is 0 Å². The zero-order chi connectivity index (χ0) is 16.1. The van der Waals surface area contributed by atoms with Crippen molar-refractivity contribution >= 4 is 17.3 Å². The van der Waals surface area contributed by atoms with Gasteiger partial charge in [-0.3, -0.25) is 0 Å². The second-order valence-electron chi connectivity index (χ2n) is 5.22. The zero-order valence-corrected chi connectivity index (χ0v) is 14.2. The van der Waals surface area contributed by atoms with Gasteiger partial charge in [0, 0.05) is 0 Å². The highest BCUT2D eigenvalue weighted by atomic mass is 32.1. The molecule has 1 aromatic heterocycles. The van der Waals surface area contributed by atoms with Crippen molar-refractivity contribution < 1.29 is 14.3 Å². The first-order chi connectivity index (χ1) is 10.5. The monoisotopic (exact) mass is 319 g/mol. The summed E-state index contributed by atoms with van der Waals surface area (Å²) in [5, 5.41) is 0.777. The summed E-state index contributed by atoms with van der Waals surface area (Å²) < 4.78 is 10.9. The maximum absolute atomic E-state index is 11.8. The molecule has 1 heterocycles. The summed E-state index contributed by atoms with van der Waals surface area (Å²) in [6.07, 6.45) is 0. The number of ether oxygens (including phenoxy) is 2. The number of hydrogen-bond donors (Lipinski definition) is 0. The number of thiazole rings is 1. The van der Waals surface area contributed by atoms with Crippen LogP contribution in [-0.4, -0.2) is 17.6 Å². The van der Waals surface area contributed by atoms with Crippen molar-refractivity contribution in [2.45, 2.75) is 40.2 Å². The van der Waals surface area contributed by atoms with E-state index in [-0.39, 0.29) is 5.97 Å². The van der Waals surface area contributed by atoms with Crippen molar-refractivity contribution in [1.29, 1.82) is 0 Å². The molecule has 2 aromatic rings. The first-order valence-electron chi connectivity index (χ1n) is 7.38. The first kappa shape index (κ1) is 16.5. The second-order valence-corrected chi connectivity index (χ2v) is 6.31. The normalized spacial score (nSPS) is 10.8. The van der Waals surface area contributed by atoms with E-state index in [1.807, 2.05) is 25.1 Å². The maximum Gasteiger partial charge on any atom is 0.350 e. The van der Waals surface area contributed by atoms with Crippen LogP contribution in [0.25, 0.3) is 0 Å². The second kappa shape index (κ2) is 7.40. The summed E-state index contributed by atoms with van der Waals surface area (Å²) in [5.74, 6) is 0.943. The number of nitrogens with zero attached hydrogens (tertiary/aromatic N) is 1. The third kappa shape index (κ3) is 3.85. The van der Waals surface area contributed by atoms with Gasteiger partial charge in [-0.1, -0.05) is 32.0 Å². The van der Waals surface area contributed by atoms with Crippen LogP contribution in [0.15, 0.2) is 24.3 Å². The predicted molar refractivity (Wildman–Crippen MR) is 87.7 cm³/mol. The van der Waals surface area contributed by atoms with E-state index >= 15 is 0 Å². The Bertz CT molecular complexity index is 649. The van der Waals surface area contributed by atoms with Gasteiger partial charge in [0.05, 0.1) is 12.3 Å². The van der Waals surface area contributed by atoms with Crippen molar-refractivity contribution in [2.24, 2.45) is 0 Å². The lowest BCUT2D eigenvalue weighted by atomic mass is 10.0. The largest absolute Gasteiger partial charge is 0.486 e. The molecule has 0 aliphatic rings. The smallest absolute Gasteiger partial charge is 0.350 e. The van der Waals surface area contributed by atoms with Crippen LogP contribution in [0.1, 0.15) is 52.6 Å². The van der Waals surface area contributed by atoms with Crippen LogP contribution in [0.2, 0.25) is 0 Å². The maximum atomic E-state index is 11.8. The number of esters is 1. The number of rotatable bonds is 6. The molecule has 0 fully saturated rings. The van der Waals surface area contributed by atoms with Gasteiger partial charge in [-0.2, -0.15) is 0 Å². The number of aromatic nitrogens is 1. The Morgan fingerprint density at radius 3 is 2.73 bits per heavy atom. The van der Waals surface area contributed by atoms with E-state index in [2.05, 4.69) is 24.9 Å². The quantitative estimate of drug-likeness (QED) is 0.744. The molecule has 0 spiro atoms. The highest BCUT2D eigenvalue weighted by Gasteiger charge is 2.17. The van der Waals surface area contributed by atoms with E-state index in [0.29, 0.717) is 29.7 Å². The fraction of sp³-hybridized carbons (Fsp3) is 0.412. The van der Waals surface area contributed by atoms with Crippen molar-refractivity contribution in [3.05, 3.63) is 45.4 Å².